The molecule has 24 heavy (non-hydrogen) atoms. The van der Waals surface area contributed by atoms with E-state index in [4.69, 9.17) is 0 Å². The lowest BCUT2D eigenvalue weighted by Crippen LogP contribution is -2.39. The molecule has 0 aliphatic carbocycles. The van der Waals surface area contributed by atoms with E-state index in [1.54, 1.807) is 6.33 Å². The number of hydrogen-bond donors (Lipinski definition) is 2. The first-order valence-electron chi connectivity index (χ1n) is 8.76. The van der Waals surface area contributed by atoms with E-state index >= 15 is 0 Å². The molecule has 0 amide bonds. The number of hydrogen-bond acceptors (Lipinski definition) is 3. The van der Waals surface area contributed by atoms with E-state index in [0.29, 0.717) is 0 Å². The highest BCUT2D eigenvalue weighted by Gasteiger charge is 2.02. The first-order chi connectivity index (χ1) is 11.8. The number of aromatic nitrogens is 3. The van der Waals surface area contributed by atoms with Crippen LogP contribution in [-0.4, -0.2) is 40.4 Å². The number of guanidine groups is 1. The zero-order chi connectivity index (χ0) is 17.0. The molecule has 6 heteroatoms. The zero-order valence-corrected chi connectivity index (χ0v) is 14.7. The maximum absolute atomic E-state index is 4.64. The van der Waals surface area contributed by atoms with Crippen LogP contribution in [0.3, 0.4) is 0 Å². The summed E-state index contributed by atoms with van der Waals surface area (Å²) in [6.07, 6.45) is 4.79. The topological polar surface area (TPSA) is 67.1 Å². The third kappa shape index (κ3) is 6.02. The fourth-order valence-corrected chi connectivity index (χ4v) is 2.49. The van der Waals surface area contributed by atoms with E-state index in [-0.39, 0.29) is 0 Å². The Labute approximate surface area is 144 Å². The van der Waals surface area contributed by atoms with Gasteiger partial charge in [0.2, 0.25) is 0 Å². The van der Waals surface area contributed by atoms with Crippen molar-refractivity contribution in [2.75, 3.05) is 19.6 Å². The van der Waals surface area contributed by atoms with E-state index in [0.717, 1.165) is 57.2 Å². The van der Waals surface area contributed by atoms with Crippen molar-refractivity contribution in [2.45, 2.75) is 39.7 Å². The van der Waals surface area contributed by atoms with Crippen molar-refractivity contribution in [3.8, 4) is 0 Å². The molecule has 0 aliphatic rings. The van der Waals surface area contributed by atoms with Crippen LogP contribution in [0.4, 0.5) is 0 Å². The van der Waals surface area contributed by atoms with Gasteiger partial charge in [-0.15, -0.1) is 10.2 Å². The van der Waals surface area contributed by atoms with Crippen molar-refractivity contribution in [1.29, 1.82) is 0 Å². The maximum Gasteiger partial charge on any atom is 0.191 e. The third-order valence-electron chi connectivity index (χ3n) is 3.74. The summed E-state index contributed by atoms with van der Waals surface area (Å²) in [5.74, 6) is 1.89. The molecule has 6 nitrogen and oxygen atoms in total. The lowest BCUT2D eigenvalue weighted by molar-refractivity contribution is 0.632. The first-order valence-corrected chi connectivity index (χ1v) is 8.76. The van der Waals surface area contributed by atoms with E-state index < -0.39 is 0 Å². The van der Waals surface area contributed by atoms with E-state index in [1.807, 2.05) is 0 Å². The molecule has 0 aliphatic heterocycles. The third-order valence-corrected chi connectivity index (χ3v) is 3.74. The lowest BCUT2D eigenvalue weighted by Gasteiger charge is -2.12. The standard InChI is InChI=1S/C18H28N6/c1-3-17-23-22-15-24(17)14-13-21-18(19-4-2)20-12-8-11-16-9-6-5-7-10-16/h5-7,9-10,15H,3-4,8,11-14H2,1-2H3,(H2,19,20,21). The van der Waals surface area contributed by atoms with Gasteiger partial charge >= 0.3 is 0 Å². The average molecular weight is 328 g/mol. The smallest absolute Gasteiger partial charge is 0.191 e. The summed E-state index contributed by atoms with van der Waals surface area (Å²) in [5, 5.41) is 14.7. The monoisotopic (exact) mass is 328 g/mol. The molecule has 130 valence electrons. The average Bonchev–Trinajstić information content (AvgIpc) is 3.07. The number of aryl methyl sites for hydroxylation is 2. The summed E-state index contributed by atoms with van der Waals surface area (Å²) in [6.45, 7) is 7.48. The molecule has 0 unspecified atom stereocenters. The van der Waals surface area contributed by atoms with Gasteiger partial charge < -0.3 is 15.2 Å². The van der Waals surface area contributed by atoms with Gasteiger partial charge in [-0.1, -0.05) is 37.3 Å². The molecule has 2 rings (SSSR count). The summed E-state index contributed by atoms with van der Waals surface area (Å²) >= 11 is 0. The largest absolute Gasteiger partial charge is 0.357 e. The molecule has 2 aromatic rings. The van der Waals surface area contributed by atoms with Crippen molar-refractivity contribution in [3.63, 3.8) is 0 Å². The molecule has 0 radical (unpaired) electrons. The predicted molar refractivity (Wildman–Crippen MR) is 98.1 cm³/mol. The Morgan fingerprint density at radius 3 is 2.75 bits per heavy atom. The van der Waals surface area contributed by atoms with Gasteiger partial charge in [0.05, 0.1) is 0 Å². The maximum atomic E-state index is 4.64. The van der Waals surface area contributed by atoms with Gasteiger partial charge in [-0.3, -0.25) is 4.99 Å². The van der Waals surface area contributed by atoms with Crippen molar-refractivity contribution >= 4 is 5.96 Å². The van der Waals surface area contributed by atoms with Crippen molar-refractivity contribution in [1.82, 2.24) is 25.4 Å². The highest BCUT2D eigenvalue weighted by molar-refractivity contribution is 5.79. The van der Waals surface area contributed by atoms with Crippen LogP contribution in [0.25, 0.3) is 0 Å². The fraction of sp³-hybridized carbons (Fsp3) is 0.500. The van der Waals surface area contributed by atoms with E-state index in [1.165, 1.54) is 5.56 Å². The summed E-state index contributed by atoms with van der Waals surface area (Å²) in [6, 6.07) is 10.5. The number of rotatable bonds is 9. The molecule has 0 fully saturated rings. The SMILES string of the molecule is CCNC(=NCCCc1ccccc1)NCCn1cnnc1CC. The lowest BCUT2D eigenvalue weighted by atomic mass is 10.1. The number of benzene rings is 1. The van der Waals surface area contributed by atoms with E-state index in [2.05, 4.69) is 74.6 Å². The molecule has 0 saturated carbocycles. The van der Waals surface area contributed by atoms with Crippen LogP contribution in [0.1, 0.15) is 31.7 Å². The molecule has 0 bridgehead atoms. The molecule has 1 heterocycles. The Morgan fingerprint density at radius 1 is 1.17 bits per heavy atom. The van der Waals surface area contributed by atoms with Gasteiger partial charge in [-0.05, 0) is 25.3 Å². The minimum Gasteiger partial charge on any atom is -0.357 e. The summed E-state index contributed by atoms with van der Waals surface area (Å²) < 4.78 is 2.08. The molecule has 0 atom stereocenters. The molecule has 1 aromatic carbocycles. The summed E-state index contributed by atoms with van der Waals surface area (Å²) in [7, 11) is 0. The summed E-state index contributed by atoms with van der Waals surface area (Å²) in [5.41, 5.74) is 1.37. The van der Waals surface area contributed by atoms with Crippen molar-refractivity contribution < 1.29 is 0 Å². The Hall–Kier alpha value is -2.37. The van der Waals surface area contributed by atoms with Crippen LogP contribution >= 0.6 is 0 Å². The minimum atomic E-state index is 0.801. The number of nitrogens with zero attached hydrogens (tertiary/aromatic N) is 4. The Balaban J connectivity index is 1.74. The van der Waals surface area contributed by atoms with Gasteiger partial charge in [0, 0.05) is 32.6 Å². The normalized spacial score (nSPS) is 11.5. The van der Waals surface area contributed by atoms with Gasteiger partial charge in [0.25, 0.3) is 0 Å². The van der Waals surface area contributed by atoms with Gasteiger partial charge in [-0.2, -0.15) is 0 Å². The van der Waals surface area contributed by atoms with Crippen LogP contribution in [0.2, 0.25) is 0 Å². The molecule has 0 spiro atoms. The van der Waals surface area contributed by atoms with Crippen molar-refractivity contribution in [2.24, 2.45) is 4.99 Å². The van der Waals surface area contributed by atoms with Crippen LogP contribution in [0.15, 0.2) is 41.7 Å². The van der Waals surface area contributed by atoms with Gasteiger partial charge in [0.1, 0.15) is 12.2 Å². The molecular formula is C18H28N6. The van der Waals surface area contributed by atoms with E-state index in [9.17, 15) is 0 Å². The molecule has 0 saturated heterocycles. The number of aliphatic imine (C=N–C) groups is 1. The van der Waals surface area contributed by atoms with Gasteiger partial charge in [-0.25, -0.2) is 0 Å². The molecule has 2 N–H and O–H groups in total. The molecular weight excluding hydrogens is 300 g/mol. The highest BCUT2D eigenvalue weighted by Crippen LogP contribution is 2.02. The fourth-order valence-electron chi connectivity index (χ4n) is 2.49. The summed E-state index contributed by atoms with van der Waals surface area (Å²) in [4.78, 5) is 4.64. The van der Waals surface area contributed by atoms with Crippen LogP contribution in [0, 0.1) is 0 Å². The van der Waals surface area contributed by atoms with Crippen LogP contribution < -0.4 is 10.6 Å². The minimum absolute atomic E-state index is 0.801. The Kier molecular flexibility index (Phi) is 7.80. The quantitative estimate of drug-likeness (QED) is 0.420. The molecule has 1 aromatic heterocycles. The highest BCUT2D eigenvalue weighted by atomic mass is 15.3. The first kappa shape index (κ1) is 18.0. The van der Waals surface area contributed by atoms with Gasteiger partial charge in [0.15, 0.2) is 5.96 Å². The van der Waals surface area contributed by atoms with Crippen molar-refractivity contribution in [3.05, 3.63) is 48.0 Å². The Morgan fingerprint density at radius 2 is 2.00 bits per heavy atom. The predicted octanol–water partition coefficient (Wildman–Crippen LogP) is 2.03. The van der Waals surface area contributed by atoms with Crippen LogP contribution in [0.5, 0.6) is 0 Å². The second kappa shape index (κ2) is 10.4. The zero-order valence-electron chi connectivity index (χ0n) is 14.7. The van der Waals surface area contributed by atoms with Crippen LogP contribution in [-0.2, 0) is 19.4 Å². The number of nitrogens with one attached hydrogen (secondary N) is 2. The second-order valence-electron chi connectivity index (χ2n) is 5.57. The Bertz CT molecular complexity index is 605. The second-order valence-corrected chi connectivity index (χ2v) is 5.57.